The second-order valence-corrected chi connectivity index (χ2v) is 4.92. The third-order valence-electron chi connectivity index (χ3n) is 2.61. The van der Waals surface area contributed by atoms with Crippen molar-refractivity contribution in [3.05, 3.63) is 5.82 Å². The lowest BCUT2D eigenvalue weighted by molar-refractivity contribution is 0.483. The minimum atomic E-state index is 0.484. The van der Waals surface area contributed by atoms with Gasteiger partial charge in [0.25, 0.3) is 0 Å². The number of anilines is 1. The van der Waals surface area contributed by atoms with Gasteiger partial charge in [-0.1, -0.05) is 27.2 Å². The Kier molecular flexibility index (Phi) is 5.02. The smallest absolute Gasteiger partial charge is 0.202 e. The van der Waals surface area contributed by atoms with Gasteiger partial charge in [-0.05, 0) is 19.3 Å². The van der Waals surface area contributed by atoms with Crippen LogP contribution in [-0.2, 0) is 6.42 Å². The molecule has 4 heteroatoms. The van der Waals surface area contributed by atoms with E-state index in [1.807, 2.05) is 0 Å². The number of nitrogens with zero attached hydrogens (tertiary/aromatic N) is 2. The Morgan fingerprint density at radius 2 is 2.07 bits per heavy atom. The summed E-state index contributed by atoms with van der Waals surface area (Å²) in [5.74, 6) is 1.71. The Balaban J connectivity index is 2.40. The highest BCUT2D eigenvalue weighted by Gasteiger charge is 2.09. The average molecular weight is 227 g/mol. The molecule has 0 spiro atoms. The van der Waals surface area contributed by atoms with Gasteiger partial charge in [0.05, 0.1) is 0 Å². The van der Waals surface area contributed by atoms with E-state index < -0.39 is 0 Å². The van der Waals surface area contributed by atoms with Crippen LogP contribution in [0.1, 0.15) is 46.4 Å². The minimum Gasteiger partial charge on any atom is -0.358 e. The summed E-state index contributed by atoms with van der Waals surface area (Å²) in [6.45, 7) is 8.81. The third-order valence-corrected chi connectivity index (χ3v) is 3.29. The number of aryl methyl sites for hydroxylation is 1. The van der Waals surface area contributed by atoms with E-state index in [2.05, 4.69) is 42.4 Å². The van der Waals surface area contributed by atoms with Crippen LogP contribution in [0.15, 0.2) is 0 Å². The summed E-state index contributed by atoms with van der Waals surface area (Å²) in [6.07, 6.45) is 3.35. The van der Waals surface area contributed by atoms with E-state index in [-0.39, 0.29) is 0 Å². The highest BCUT2D eigenvalue weighted by atomic mass is 32.1. The maximum absolute atomic E-state index is 4.40. The van der Waals surface area contributed by atoms with Crippen LogP contribution in [0.2, 0.25) is 0 Å². The molecule has 1 N–H and O–H groups in total. The van der Waals surface area contributed by atoms with Gasteiger partial charge in [0.15, 0.2) is 0 Å². The van der Waals surface area contributed by atoms with Crippen LogP contribution in [-0.4, -0.2) is 15.4 Å². The summed E-state index contributed by atoms with van der Waals surface area (Å²) in [4.78, 5) is 4.40. The fraction of sp³-hybridized carbons (Fsp3) is 0.818. The Labute approximate surface area is 96.5 Å². The molecule has 0 amide bonds. The van der Waals surface area contributed by atoms with Gasteiger partial charge in [0, 0.05) is 24.0 Å². The van der Waals surface area contributed by atoms with Gasteiger partial charge in [-0.2, -0.15) is 4.37 Å². The molecule has 2 atom stereocenters. The molecule has 0 aliphatic carbocycles. The summed E-state index contributed by atoms with van der Waals surface area (Å²) >= 11 is 1.46. The van der Waals surface area contributed by atoms with Crippen molar-refractivity contribution in [2.24, 2.45) is 5.92 Å². The molecule has 2 unspecified atom stereocenters. The molecule has 1 aromatic rings. The summed E-state index contributed by atoms with van der Waals surface area (Å²) in [5, 5.41) is 4.37. The minimum absolute atomic E-state index is 0.484. The number of hydrogen-bond donors (Lipinski definition) is 1. The number of hydrogen-bond acceptors (Lipinski definition) is 4. The Morgan fingerprint density at radius 1 is 1.33 bits per heavy atom. The van der Waals surface area contributed by atoms with E-state index in [4.69, 9.17) is 0 Å². The van der Waals surface area contributed by atoms with Gasteiger partial charge in [-0.3, -0.25) is 0 Å². The van der Waals surface area contributed by atoms with Gasteiger partial charge >= 0.3 is 0 Å². The lowest BCUT2D eigenvalue weighted by Gasteiger charge is -2.16. The largest absolute Gasteiger partial charge is 0.358 e. The molecule has 3 nitrogen and oxygen atoms in total. The van der Waals surface area contributed by atoms with Crippen molar-refractivity contribution in [2.45, 2.75) is 53.0 Å². The SMILES string of the molecule is CCc1nsc(NC(C)CC(C)CC)n1. The van der Waals surface area contributed by atoms with Crippen LogP contribution >= 0.6 is 11.5 Å². The second-order valence-electron chi connectivity index (χ2n) is 4.16. The van der Waals surface area contributed by atoms with Crippen molar-refractivity contribution in [3.63, 3.8) is 0 Å². The van der Waals surface area contributed by atoms with E-state index in [0.29, 0.717) is 6.04 Å². The van der Waals surface area contributed by atoms with E-state index in [9.17, 15) is 0 Å². The molecule has 0 bridgehead atoms. The summed E-state index contributed by atoms with van der Waals surface area (Å²) < 4.78 is 4.26. The lowest BCUT2D eigenvalue weighted by Crippen LogP contribution is -2.18. The molecule has 0 saturated carbocycles. The van der Waals surface area contributed by atoms with E-state index in [0.717, 1.165) is 23.3 Å². The Bertz CT molecular complexity index is 285. The standard InChI is InChI=1S/C11H21N3S/c1-5-8(3)7-9(4)12-11-13-10(6-2)14-15-11/h8-9H,5-7H2,1-4H3,(H,12,13,14). The molecule has 0 aliphatic rings. The molecule has 15 heavy (non-hydrogen) atoms. The van der Waals surface area contributed by atoms with Crippen molar-refractivity contribution >= 4 is 16.7 Å². The zero-order valence-corrected chi connectivity index (χ0v) is 10.9. The predicted octanol–water partition coefficient (Wildman–Crippen LogP) is 3.34. The van der Waals surface area contributed by atoms with Gasteiger partial charge in [0.1, 0.15) is 5.82 Å². The van der Waals surface area contributed by atoms with Crippen LogP contribution in [0, 0.1) is 5.92 Å². The van der Waals surface area contributed by atoms with Gasteiger partial charge in [0.2, 0.25) is 5.13 Å². The normalized spacial score (nSPS) is 14.9. The van der Waals surface area contributed by atoms with Crippen molar-refractivity contribution in [1.29, 1.82) is 0 Å². The molecule has 1 aromatic heterocycles. The van der Waals surface area contributed by atoms with Crippen LogP contribution in [0.3, 0.4) is 0 Å². The number of aromatic nitrogens is 2. The molecule has 1 heterocycles. The Morgan fingerprint density at radius 3 is 2.60 bits per heavy atom. The van der Waals surface area contributed by atoms with Crippen LogP contribution in [0.5, 0.6) is 0 Å². The van der Waals surface area contributed by atoms with Crippen LogP contribution < -0.4 is 5.32 Å². The average Bonchev–Trinajstić information content (AvgIpc) is 2.65. The van der Waals surface area contributed by atoms with Crippen molar-refractivity contribution in [1.82, 2.24) is 9.36 Å². The molecule has 86 valence electrons. The predicted molar refractivity (Wildman–Crippen MR) is 66.4 cm³/mol. The van der Waals surface area contributed by atoms with Crippen molar-refractivity contribution in [2.75, 3.05) is 5.32 Å². The molecule has 0 aromatic carbocycles. The molecular formula is C11H21N3S. The zero-order valence-electron chi connectivity index (χ0n) is 10.1. The third kappa shape index (κ3) is 4.16. The molecule has 0 saturated heterocycles. The topological polar surface area (TPSA) is 37.8 Å². The van der Waals surface area contributed by atoms with Gasteiger partial charge in [-0.15, -0.1) is 0 Å². The quantitative estimate of drug-likeness (QED) is 0.810. The van der Waals surface area contributed by atoms with E-state index >= 15 is 0 Å². The Hall–Kier alpha value is -0.640. The zero-order chi connectivity index (χ0) is 11.3. The first-order valence-corrected chi connectivity index (χ1v) is 6.52. The van der Waals surface area contributed by atoms with Gasteiger partial charge < -0.3 is 5.32 Å². The van der Waals surface area contributed by atoms with Crippen LogP contribution in [0.25, 0.3) is 0 Å². The summed E-state index contributed by atoms with van der Waals surface area (Å²) in [5.41, 5.74) is 0. The first-order valence-electron chi connectivity index (χ1n) is 5.74. The molecule has 0 aliphatic heterocycles. The first-order chi connectivity index (χ1) is 7.15. The fourth-order valence-electron chi connectivity index (χ4n) is 1.50. The van der Waals surface area contributed by atoms with Crippen LogP contribution in [0.4, 0.5) is 5.13 Å². The number of rotatable bonds is 6. The fourth-order valence-corrected chi connectivity index (χ4v) is 2.26. The maximum Gasteiger partial charge on any atom is 0.202 e. The monoisotopic (exact) mass is 227 g/mol. The summed E-state index contributed by atoms with van der Waals surface area (Å²) in [7, 11) is 0. The first kappa shape index (κ1) is 12.4. The number of nitrogens with one attached hydrogen (secondary N) is 1. The van der Waals surface area contributed by atoms with E-state index in [1.54, 1.807) is 0 Å². The van der Waals surface area contributed by atoms with Crippen molar-refractivity contribution in [3.8, 4) is 0 Å². The summed E-state index contributed by atoms with van der Waals surface area (Å²) in [6, 6.07) is 0.484. The molecular weight excluding hydrogens is 206 g/mol. The lowest BCUT2D eigenvalue weighted by atomic mass is 10.0. The van der Waals surface area contributed by atoms with Crippen molar-refractivity contribution < 1.29 is 0 Å². The molecule has 0 fully saturated rings. The van der Waals surface area contributed by atoms with E-state index in [1.165, 1.54) is 24.4 Å². The maximum atomic E-state index is 4.40. The molecule has 1 rings (SSSR count). The highest BCUT2D eigenvalue weighted by molar-refractivity contribution is 7.09. The van der Waals surface area contributed by atoms with Gasteiger partial charge in [-0.25, -0.2) is 4.98 Å². The highest BCUT2D eigenvalue weighted by Crippen LogP contribution is 2.16. The second kappa shape index (κ2) is 6.05. The molecule has 0 radical (unpaired) electrons.